The van der Waals surface area contributed by atoms with Crippen molar-refractivity contribution in [2.45, 2.75) is 12.5 Å². The lowest BCUT2D eigenvalue weighted by Crippen LogP contribution is -2.06. The number of halogens is 1. The molecule has 1 aromatic carbocycles. The van der Waals surface area contributed by atoms with Crippen LogP contribution in [0.5, 0.6) is 0 Å². The van der Waals surface area contributed by atoms with Crippen molar-refractivity contribution in [3.8, 4) is 0 Å². The summed E-state index contributed by atoms with van der Waals surface area (Å²) < 4.78 is 13.0. The number of nitrogens with two attached hydrogens (primary N) is 1. The molecule has 0 radical (unpaired) electrons. The number of hydrogen-bond acceptors (Lipinski definition) is 2. The van der Waals surface area contributed by atoms with Crippen LogP contribution in [0.15, 0.2) is 24.3 Å². The fourth-order valence-corrected chi connectivity index (χ4v) is 1.83. The van der Waals surface area contributed by atoms with E-state index in [-0.39, 0.29) is 0 Å². The van der Waals surface area contributed by atoms with Crippen molar-refractivity contribution in [2.24, 2.45) is 5.73 Å². The van der Waals surface area contributed by atoms with E-state index in [0.29, 0.717) is 23.1 Å². The molecule has 3 nitrogen and oxygen atoms in total. The average molecular weight is 207 g/mol. The van der Waals surface area contributed by atoms with Crippen molar-refractivity contribution in [3.63, 3.8) is 0 Å². The minimum absolute atomic E-state index is 0.307. The van der Waals surface area contributed by atoms with Gasteiger partial charge in [-0.1, -0.05) is 6.07 Å². The summed E-state index contributed by atoms with van der Waals surface area (Å²) in [6, 6.07) is 4.12. The molecule has 4 heteroatoms. The molecule has 15 heavy (non-hydrogen) atoms. The number of carbonyl (C=O) groups excluding carboxylic acids is 1. The normalized spacial score (nSPS) is 21.7. The van der Waals surface area contributed by atoms with Gasteiger partial charge in [-0.15, -0.1) is 0 Å². The number of aliphatic hydroxyl groups is 1. The summed E-state index contributed by atoms with van der Waals surface area (Å²) >= 11 is 0. The van der Waals surface area contributed by atoms with E-state index in [2.05, 4.69) is 0 Å². The highest BCUT2D eigenvalue weighted by atomic mass is 19.1. The van der Waals surface area contributed by atoms with Crippen LogP contribution >= 0.6 is 0 Å². The predicted octanol–water partition coefficient (Wildman–Crippen LogP) is 1.13. The molecule has 78 valence electrons. The summed E-state index contributed by atoms with van der Waals surface area (Å²) in [7, 11) is 0. The summed E-state index contributed by atoms with van der Waals surface area (Å²) in [5.74, 6) is -0.979. The highest BCUT2D eigenvalue weighted by Gasteiger charge is 2.25. The number of aliphatic hydroxyl groups excluding tert-OH is 1. The van der Waals surface area contributed by atoms with E-state index >= 15 is 0 Å². The highest BCUT2D eigenvalue weighted by molar-refractivity contribution is 5.95. The first-order valence-corrected chi connectivity index (χ1v) is 4.56. The third-order valence-corrected chi connectivity index (χ3v) is 2.45. The smallest absolute Gasteiger partial charge is 0.241 e. The first-order valence-electron chi connectivity index (χ1n) is 4.56. The van der Waals surface area contributed by atoms with E-state index in [1.165, 1.54) is 24.3 Å². The second-order valence-electron chi connectivity index (χ2n) is 3.52. The van der Waals surface area contributed by atoms with E-state index in [4.69, 9.17) is 5.73 Å². The third kappa shape index (κ3) is 1.76. The molecule has 0 spiro atoms. The number of amides is 1. The van der Waals surface area contributed by atoms with Crippen molar-refractivity contribution < 1.29 is 14.3 Å². The van der Waals surface area contributed by atoms with Gasteiger partial charge in [-0.3, -0.25) is 4.79 Å². The Hall–Kier alpha value is -1.68. The fourth-order valence-electron chi connectivity index (χ4n) is 1.83. The SMILES string of the molecule is NC(=O)/C=C1\CC(O)c2ccc(F)cc21. The molecule has 0 aromatic heterocycles. The quantitative estimate of drug-likeness (QED) is 0.678. The molecule has 2 rings (SSSR count). The summed E-state index contributed by atoms with van der Waals surface area (Å²) in [5, 5.41) is 9.64. The number of primary amides is 1. The Morgan fingerprint density at radius 1 is 1.60 bits per heavy atom. The van der Waals surface area contributed by atoms with Gasteiger partial charge < -0.3 is 10.8 Å². The summed E-state index contributed by atoms with van der Waals surface area (Å²) in [6.07, 6.45) is 0.863. The molecular formula is C11H10FNO2. The first kappa shape index (κ1) is 9.86. The number of rotatable bonds is 1. The number of benzene rings is 1. The lowest BCUT2D eigenvalue weighted by atomic mass is 10.1. The molecule has 1 aromatic rings. The number of hydrogen-bond donors (Lipinski definition) is 2. The van der Waals surface area contributed by atoms with Crippen LogP contribution in [0.4, 0.5) is 4.39 Å². The van der Waals surface area contributed by atoms with Gasteiger partial charge in [-0.2, -0.15) is 0 Å². The second kappa shape index (κ2) is 3.47. The van der Waals surface area contributed by atoms with Gasteiger partial charge in [0.1, 0.15) is 5.82 Å². The van der Waals surface area contributed by atoms with E-state index in [9.17, 15) is 14.3 Å². The summed E-state index contributed by atoms with van der Waals surface area (Å²) in [5.41, 5.74) is 6.82. The molecular weight excluding hydrogens is 197 g/mol. The molecule has 1 atom stereocenters. The van der Waals surface area contributed by atoms with Gasteiger partial charge in [-0.05, 0) is 28.8 Å². The molecule has 0 aliphatic heterocycles. The zero-order valence-electron chi connectivity index (χ0n) is 7.90. The minimum Gasteiger partial charge on any atom is -0.388 e. The third-order valence-electron chi connectivity index (χ3n) is 2.45. The Labute approximate surface area is 86.0 Å². The van der Waals surface area contributed by atoms with Crippen molar-refractivity contribution >= 4 is 11.5 Å². The molecule has 0 bridgehead atoms. The fraction of sp³-hybridized carbons (Fsp3) is 0.182. The zero-order valence-corrected chi connectivity index (χ0v) is 7.90. The van der Waals surface area contributed by atoms with Crippen molar-refractivity contribution in [3.05, 3.63) is 41.2 Å². The monoisotopic (exact) mass is 207 g/mol. The van der Waals surface area contributed by atoms with Crippen LogP contribution in [-0.4, -0.2) is 11.0 Å². The maximum absolute atomic E-state index is 13.0. The molecule has 1 unspecified atom stereocenters. The Morgan fingerprint density at radius 2 is 2.33 bits per heavy atom. The van der Waals surface area contributed by atoms with Gasteiger partial charge in [0, 0.05) is 12.5 Å². The van der Waals surface area contributed by atoms with Crippen LogP contribution in [0.3, 0.4) is 0 Å². The van der Waals surface area contributed by atoms with Gasteiger partial charge in [0.2, 0.25) is 5.91 Å². The van der Waals surface area contributed by atoms with Crippen LogP contribution < -0.4 is 5.73 Å². The van der Waals surface area contributed by atoms with Gasteiger partial charge in [0.05, 0.1) is 6.10 Å². The summed E-state index contributed by atoms with van der Waals surface area (Å²) in [4.78, 5) is 10.7. The Bertz CT molecular complexity index is 454. The molecule has 0 heterocycles. The van der Waals surface area contributed by atoms with Crippen LogP contribution in [0.1, 0.15) is 23.7 Å². The lowest BCUT2D eigenvalue weighted by Gasteiger charge is -2.01. The average Bonchev–Trinajstić information content (AvgIpc) is 2.42. The van der Waals surface area contributed by atoms with E-state index in [1.54, 1.807) is 0 Å². The molecule has 1 aliphatic carbocycles. The Morgan fingerprint density at radius 3 is 3.00 bits per heavy atom. The predicted molar refractivity (Wildman–Crippen MR) is 53.1 cm³/mol. The van der Waals surface area contributed by atoms with E-state index in [0.717, 1.165) is 0 Å². The second-order valence-corrected chi connectivity index (χ2v) is 3.52. The number of carbonyl (C=O) groups is 1. The Balaban J connectivity index is 2.53. The van der Waals surface area contributed by atoms with Gasteiger partial charge in [0.15, 0.2) is 0 Å². The maximum atomic E-state index is 13.0. The Kier molecular flexibility index (Phi) is 2.28. The topological polar surface area (TPSA) is 63.3 Å². The van der Waals surface area contributed by atoms with E-state index < -0.39 is 17.8 Å². The van der Waals surface area contributed by atoms with Crippen molar-refractivity contribution in [1.82, 2.24) is 0 Å². The highest BCUT2D eigenvalue weighted by Crippen LogP contribution is 2.39. The first-order chi connectivity index (χ1) is 7.08. The molecule has 1 aliphatic rings. The largest absolute Gasteiger partial charge is 0.388 e. The van der Waals surface area contributed by atoms with Crippen LogP contribution in [0, 0.1) is 5.82 Å². The zero-order chi connectivity index (χ0) is 11.0. The van der Waals surface area contributed by atoms with Crippen molar-refractivity contribution in [2.75, 3.05) is 0 Å². The van der Waals surface area contributed by atoms with Gasteiger partial charge in [-0.25, -0.2) is 4.39 Å². The molecule has 1 amide bonds. The van der Waals surface area contributed by atoms with Crippen LogP contribution in [-0.2, 0) is 4.79 Å². The van der Waals surface area contributed by atoms with Crippen LogP contribution in [0.25, 0.3) is 5.57 Å². The molecule has 3 N–H and O–H groups in total. The molecule has 0 saturated heterocycles. The van der Waals surface area contributed by atoms with Crippen LogP contribution in [0.2, 0.25) is 0 Å². The number of fused-ring (bicyclic) bond motifs is 1. The molecule has 0 saturated carbocycles. The van der Waals surface area contributed by atoms with Crippen molar-refractivity contribution in [1.29, 1.82) is 0 Å². The van der Waals surface area contributed by atoms with Gasteiger partial charge in [0.25, 0.3) is 0 Å². The minimum atomic E-state index is -0.675. The summed E-state index contributed by atoms with van der Waals surface area (Å²) in [6.45, 7) is 0. The van der Waals surface area contributed by atoms with Gasteiger partial charge >= 0.3 is 0 Å². The van der Waals surface area contributed by atoms with E-state index in [1.807, 2.05) is 0 Å². The maximum Gasteiger partial charge on any atom is 0.241 e. The lowest BCUT2D eigenvalue weighted by molar-refractivity contribution is -0.113. The molecule has 0 fully saturated rings. The standard InChI is InChI=1S/C11H10FNO2/c12-7-1-2-8-9(5-7)6(3-10(8)14)4-11(13)15/h1-2,4-5,10,14H,3H2,(H2,13,15)/b6-4+.